The number of nitrogens with zero attached hydrogens (tertiary/aromatic N) is 1. The van der Waals surface area contributed by atoms with Crippen LogP contribution >= 0.6 is 0 Å². The summed E-state index contributed by atoms with van der Waals surface area (Å²) in [6, 6.07) is 8.71. The van der Waals surface area contributed by atoms with Crippen LogP contribution in [0.3, 0.4) is 0 Å². The Balaban J connectivity index is 2.22. The van der Waals surface area contributed by atoms with E-state index in [1.807, 2.05) is 13.0 Å². The molecule has 1 heterocycles. The maximum atomic E-state index is 5.95. The van der Waals surface area contributed by atoms with Gasteiger partial charge >= 0.3 is 0 Å². The lowest BCUT2D eigenvalue weighted by Crippen LogP contribution is -2.22. The quantitative estimate of drug-likeness (QED) is 0.896. The smallest absolute Gasteiger partial charge is 0.0952 e. The lowest BCUT2D eigenvalue weighted by Gasteiger charge is -2.23. The molecule has 102 valence electrons. The summed E-state index contributed by atoms with van der Waals surface area (Å²) in [5, 5.41) is 0. The van der Waals surface area contributed by atoms with Crippen LogP contribution in [0.5, 0.6) is 0 Å². The second kappa shape index (κ2) is 5.93. The number of anilines is 1. The van der Waals surface area contributed by atoms with Gasteiger partial charge in [-0.25, -0.2) is 0 Å². The van der Waals surface area contributed by atoms with Crippen LogP contribution in [0.2, 0.25) is 0 Å². The van der Waals surface area contributed by atoms with Gasteiger partial charge in [0.05, 0.1) is 12.5 Å². The van der Waals surface area contributed by atoms with E-state index in [1.165, 1.54) is 22.4 Å². The normalized spacial score (nSPS) is 12.4. The molecular weight excluding hydrogens is 236 g/mol. The zero-order valence-electron chi connectivity index (χ0n) is 11.9. The third-order valence-corrected chi connectivity index (χ3v) is 3.19. The minimum absolute atomic E-state index is 0.169. The third kappa shape index (κ3) is 3.61. The van der Waals surface area contributed by atoms with Crippen LogP contribution in [-0.4, -0.2) is 13.1 Å². The molecule has 0 aliphatic heterocycles. The number of hydrogen-bond acceptors (Lipinski definition) is 3. The molecule has 0 aliphatic carbocycles. The van der Waals surface area contributed by atoms with E-state index in [9.17, 15) is 0 Å². The molecule has 0 saturated heterocycles. The predicted molar refractivity (Wildman–Crippen MR) is 79.3 cm³/mol. The van der Waals surface area contributed by atoms with Gasteiger partial charge in [0.2, 0.25) is 0 Å². The molecule has 2 rings (SSSR count). The van der Waals surface area contributed by atoms with Crippen LogP contribution in [0.1, 0.15) is 23.6 Å². The Bertz CT molecular complexity index is 518. The SMILES string of the molecule is Cc1ccc(N(C)Cc2ccoc2)c(CC(C)N)c1. The van der Waals surface area contributed by atoms with Crippen molar-refractivity contribution in [3.05, 3.63) is 53.5 Å². The zero-order chi connectivity index (χ0) is 13.8. The topological polar surface area (TPSA) is 42.4 Å². The summed E-state index contributed by atoms with van der Waals surface area (Å²) in [6.07, 6.45) is 4.39. The van der Waals surface area contributed by atoms with Crippen LogP contribution < -0.4 is 10.6 Å². The fourth-order valence-electron chi connectivity index (χ4n) is 2.34. The molecule has 2 aromatic rings. The van der Waals surface area contributed by atoms with E-state index in [0.29, 0.717) is 0 Å². The second-order valence-corrected chi connectivity index (χ2v) is 5.30. The second-order valence-electron chi connectivity index (χ2n) is 5.30. The largest absolute Gasteiger partial charge is 0.472 e. The maximum absolute atomic E-state index is 5.95. The maximum Gasteiger partial charge on any atom is 0.0952 e. The van der Waals surface area contributed by atoms with E-state index in [0.717, 1.165) is 13.0 Å². The van der Waals surface area contributed by atoms with Crippen molar-refractivity contribution in [3.63, 3.8) is 0 Å². The minimum atomic E-state index is 0.169. The Morgan fingerprint density at radius 2 is 2.11 bits per heavy atom. The van der Waals surface area contributed by atoms with Gasteiger partial charge in [-0.2, -0.15) is 0 Å². The van der Waals surface area contributed by atoms with E-state index in [2.05, 4.69) is 37.1 Å². The van der Waals surface area contributed by atoms with Crippen LogP contribution in [0, 0.1) is 6.92 Å². The van der Waals surface area contributed by atoms with Crippen molar-refractivity contribution in [3.8, 4) is 0 Å². The van der Waals surface area contributed by atoms with Gasteiger partial charge in [0.1, 0.15) is 0 Å². The van der Waals surface area contributed by atoms with Crippen molar-refractivity contribution < 1.29 is 4.42 Å². The average Bonchev–Trinajstić information content (AvgIpc) is 2.80. The number of benzene rings is 1. The van der Waals surface area contributed by atoms with Gasteiger partial charge in [-0.3, -0.25) is 0 Å². The average molecular weight is 258 g/mol. The predicted octanol–water partition coefficient (Wildman–Crippen LogP) is 3.11. The molecule has 1 aromatic heterocycles. The van der Waals surface area contributed by atoms with Crippen LogP contribution in [0.25, 0.3) is 0 Å². The summed E-state index contributed by atoms with van der Waals surface area (Å²) in [4.78, 5) is 2.24. The summed E-state index contributed by atoms with van der Waals surface area (Å²) in [5.41, 5.74) is 10.9. The van der Waals surface area contributed by atoms with E-state index >= 15 is 0 Å². The van der Waals surface area contributed by atoms with Crippen LogP contribution in [-0.2, 0) is 13.0 Å². The summed E-state index contributed by atoms with van der Waals surface area (Å²) in [5.74, 6) is 0. The molecule has 1 unspecified atom stereocenters. The first-order chi connectivity index (χ1) is 9.06. The first-order valence-electron chi connectivity index (χ1n) is 6.63. The van der Waals surface area contributed by atoms with Crippen molar-refractivity contribution in [2.45, 2.75) is 32.9 Å². The third-order valence-electron chi connectivity index (χ3n) is 3.19. The number of nitrogens with two attached hydrogens (primary N) is 1. The molecule has 0 aliphatic rings. The fourth-order valence-corrected chi connectivity index (χ4v) is 2.34. The van der Waals surface area contributed by atoms with E-state index in [4.69, 9.17) is 10.2 Å². The Kier molecular flexibility index (Phi) is 4.27. The number of aryl methyl sites for hydroxylation is 1. The zero-order valence-corrected chi connectivity index (χ0v) is 11.9. The number of rotatable bonds is 5. The molecule has 0 amide bonds. The summed E-state index contributed by atoms with van der Waals surface area (Å²) in [6.45, 7) is 5.00. The van der Waals surface area contributed by atoms with Gasteiger partial charge in [-0.05, 0) is 38.0 Å². The molecule has 1 atom stereocenters. The lowest BCUT2D eigenvalue weighted by atomic mass is 10.0. The van der Waals surface area contributed by atoms with Crippen molar-refractivity contribution in [2.24, 2.45) is 5.73 Å². The standard InChI is InChI=1S/C16H22N2O/c1-12-4-5-16(15(8-12)9-13(2)17)18(3)10-14-6-7-19-11-14/h4-8,11,13H,9-10,17H2,1-3H3. The van der Waals surface area contributed by atoms with Gasteiger partial charge < -0.3 is 15.1 Å². The minimum Gasteiger partial charge on any atom is -0.472 e. The highest BCUT2D eigenvalue weighted by Gasteiger charge is 2.10. The van der Waals surface area contributed by atoms with Crippen molar-refractivity contribution in [1.29, 1.82) is 0 Å². The first kappa shape index (κ1) is 13.7. The molecular formula is C16H22N2O. The van der Waals surface area contributed by atoms with E-state index in [-0.39, 0.29) is 6.04 Å². The van der Waals surface area contributed by atoms with Gasteiger partial charge in [0, 0.05) is 30.9 Å². The van der Waals surface area contributed by atoms with E-state index in [1.54, 1.807) is 12.5 Å². The van der Waals surface area contributed by atoms with Crippen molar-refractivity contribution in [2.75, 3.05) is 11.9 Å². The van der Waals surface area contributed by atoms with Gasteiger partial charge in [0.25, 0.3) is 0 Å². The molecule has 3 nitrogen and oxygen atoms in total. The molecule has 0 spiro atoms. The first-order valence-corrected chi connectivity index (χ1v) is 6.63. The molecule has 0 bridgehead atoms. The van der Waals surface area contributed by atoms with Crippen LogP contribution in [0.4, 0.5) is 5.69 Å². The van der Waals surface area contributed by atoms with Crippen LogP contribution in [0.15, 0.2) is 41.2 Å². The molecule has 0 radical (unpaired) electrons. The van der Waals surface area contributed by atoms with Crippen molar-refractivity contribution >= 4 is 5.69 Å². The van der Waals surface area contributed by atoms with Gasteiger partial charge in [0.15, 0.2) is 0 Å². The summed E-state index contributed by atoms with van der Waals surface area (Å²) < 4.78 is 5.12. The Morgan fingerprint density at radius 3 is 2.74 bits per heavy atom. The summed E-state index contributed by atoms with van der Waals surface area (Å²) >= 11 is 0. The molecule has 0 saturated carbocycles. The van der Waals surface area contributed by atoms with Crippen molar-refractivity contribution in [1.82, 2.24) is 0 Å². The summed E-state index contributed by atoms with van der Waals surface area (Å²) in [7, 11) is 2.10. The molecule has 1 aromatic carbocycles. The number of hydrogen-bond donors (Lipinski definition) is 1. The Labute approximate surface area is 115 Å². The number of furan rings is 1. The van der Waals surface area contributed by atoms with Gasteiger partial charge in [-0.15, -0.1) is 0 Å². The highest BCUT2D eigenvalue weighted by molar-refractivity contribution is 5.55. The van der Waals surface area contributed by atoms with E-state index < -0.39 is 0 Å². The highest BCUT2D eigenvalue weighted by atomic mass is 16.3. The van der Waals surface area contributed by atoms with Gasteiger partial charge in [-0.1, -0.05) is 17.7 Å². The monoisotopic (exact) mass is 258 g/mol. The highest BCUT2D eigenvalue weighted by Crippen LogP contribution is 2.23. The molecule has 2 N–H and O–H groups in total. The Morgan fingerprint density at radius 1 is 1.32 bits per heavy atom. The lowest BCUT2D eigenvalue weighted by molar-refractivity contribution is 0.563. The molecule has 3 heteroatoms. The fraction of sp³-hybridized carbons (Fsp3) is 0.375. The molecule has 19 heavy (non-hydrogen) atoms. The molecule has 0 fully saturated rings. The Hall–Kier alpha value is -1.74.